The van der Waals surface area contributed by atoms with E-state index in [1.165, 1.54) is 0 Å². The summed E-state index contributed by atoms with van der Waals surface area (Å²) in [5.41, 5.74) is 2.09. The predicted octanol–water partition coefficient (Wildman–Crippen LogP) is 3.41. The van der Waals surface area contributed by atoms with Crippen LogP contribution in [0.4, 0.5) is 0 Å². The summed E-state index contributed by atoms with van der Waals surface area (Å²) < 4.78 is 1.98. The highest BCUT2D eigenvalue weighted by atomic mass is 35.5. The molecule has 17 heavy (non-hydrogen) atoms. The molecule has 2 aromatic rings. The SMILES string of the molecule is CC(CC(=O)O)c1cn(C)c2cc(Cl)ccc12. The van der Waals surface area contributed by atoms with Gasteiger partial charge in [-0.2, -0.15) is 0 Å². The Hall–Kier alpha value is -1.48. The lowest BCUT2D eigenvalue weighted by molar-refractivity contribution is -0.137. The molecule has 1 aromatic heterocycles. The summed E-state index contributed by atoms with van der Waals surface area (Å²) in [6, 6.07) is 5.68. The van der Waals surface area contributed by atoms with Crippen molar-refractivity contribution in [3.63, 3.8) is 0 Å². The Bertz CT molecular complexity index is 574. The first-order valence-corrected chi connectivity index (χ1v) is 5.83. The Morgan fingerprint density at radius 3 is 2.88 bits per heavy atom. The number of hydrogen-bond donors (Lipinski definition) is 1. The third-order valence-corrected chi connectivity index (χ3v) is 3.23. The molecule has 0 saturated carbocycles. The number of hydrogen-bond acceptors (Lipinski definition) is 1. The molecule has 0 radical (unpaired) electrons. The van der Waals surface area contributed by atoms with Crippen LogP contribution in [0.3, 0.4) is 0 Å². The molecular weight excluding hydrogens is 238 g/mol. The quantitative estimate of drug-likeness (QED) is 0.908. The van der Waals surface area contributed by atoms with Crippen molar-refractivity contribution in [3.8, 4) is 0 Å². The van der Waals surface area contributed by atoms with Gasteiger partial charge in [-0.05, 0) is 23.6 Å². The van der Waals surface area contributed by atoms with Gasteiger partial charge >= 0.3 is 5.97 Å². The maximum atomic E-state index is 10.8. The van der Waals surface area contributed by atoms with Crippen LogP contribution in [0.5, 0.6) is 0 Å². The third kappa shape index (κ3) is 2.29. The highest BCUT2D eigenvalue weighted by molar-refractivity contribution is 6.31. The monoisotopic (exact) mass is 251 g/mol. The number of carboxylic acids is 1. The number of halogens is 1. The molecule has 4 heteroatoms. The minimum absolute atomic E-state index is 0.00243. The van der Waals surface area contributed by atoms with E-state index in [1.807, 2.05) is 42.9 Å². The normalized spacial score (nSPS) is 12.9. The number of benzene rings is 1. The molecule has 90 valence electrons. The number of nitrogens with zero attached hydrogens (tertiary/aromatic N) is 1. The van der Waals surface area contributed by atoms with Crippen LogP contribution in [-0.4, -0.2) is 15.6 Å². The van der Waals surface area contributed by atoms with Gasteiger partial charge in [0.2, 0.25) is 0 Å². The zero-order valence-corrected chi connectivity index (χ0v) is 10.5. The van der Waals surface area contributed by atoms with E-state index in [1.54, 1.807) is 0 Å². The van der Waals surface area contributed by atoms with Gasteiger partial charge in [-0.3, -0.25) is 4.79 Å². The van der Waals surface area contributed by atoms with Crippen molar-refractivity contribution in [2.24, 2.45) is 7.05 Å². The van der Waals surface area contributed by atoms with E-state index in [0.29, 0.717) is 5.02 Å². The molecule has 1 atom stereocenters. The van der Waals surface area contributed by atoms with E-state index >= 15 is 0 Å². The summed E-state index contributed by atoms with van der Waals surface area (Å²) in [4.78, 5) is 10.8. The third-order valence-electron chi connectivity index (χ3n) is 3.00. The molecule has 0 amide bonds. The number of fused-ring (bicyclic) bond motifs is 1. The molecule has 1 aromatic carbocycles. The smallest absolute Gasteiger partial charge is 0.303 e. The minimum Gasteiger partial charge on any atom is -0.481 e. The van der Waals surface area contributed by atoms with Crippen molar-refractivity contribution >= 4 is 28.5 Å². The second kappa shape index (κ2) is 4.41. The molecule has 1 unspecified atom stereocenters. The van der Waals surface area contributed by atoms with Crippen LogP contribution in [0.15, 0.2) is 24.4 Å². The first-order valence-electron chi connectivity index (χ1n) is 5.45. The van der Waals surface area contributed by atoms with Gasteiger partial charge in [0, 0.05) is 29.2 Å². The summed E-state index contributed by atoms with van der Waals surface area (Å²) in [7, 11) is 1.94. The number of rotatable bonds is 3. The van der Waals surface area contributed by atoms with Crippen LogP contribution >= 0.6 is 11.6 Å². The molecular formula is C13H14ClNO2. The number of carbonyl (C=O) groups is 1. The average Bonchev–Trinajstić information content (AvgIpc) is 2.55. The average molecular weight is 252 g/mol. The van der Waals surface area contributed by atoms with Crippen LogP contribution in [0, 0.1) is 0 Å². The second-order valence-electron chi connectivity index (χ2n) is 4.36. The Balaban J connectivity index is 2.51. The molecule has 1 heterocycles. The lowest BCUT2D eigenvalue weighted by atomic mass is 9.97. The van der Waals surface area contributed by atoms with E-state index in [-0.39, 0.29) is 12.3 Å². The molecule has 0 aliphatic rings. The predicted molar refractivity (Wildman–Crippen MR) is 68.6 cm³/mol. The Morgan fingerprint density at radius 2 is 2.24 bits per heavy atom. The molecule has 0 aliphatic carbocycles. The van der Waals surface area contributed by atoms with Crippen LogP contribution in [0.1, 0.15) is 24.8 Å². The Kier molecular flexibility index (Phi) is 3.11. The highest BCUT2D eigenvalue weighted by Crippen LogP contribution is 2.30. The molecule has 0 aliphatic heterocycles. The van der Waals surface area contributed by atoms with Gasteiger partial charge in [0.15, 0.2) is 0 Å². The van der Waals surface area contributed by atoms with Gasteiger partial charge in [0.1, 0.15) is 0 Å². The van der Waals surface area contributed by atoms with Gasteiger partial charge in [-0.15, -0.1) is 0 Å². The first kappa shape index (κ1) is 12.0. The Morgan fingerprint density at radius 1 is 1.53 bits per heavy atom. The maximum Gasteiger partial charge on any atom is 0.303 e. The second-order valence-corrected chi connectivity index (χ2v) is 4.79. The topological polar surface area (TPSA) is 42.2 Å². The van der Waals surface area contributed by atoms with Gasteiger partial charge in [0.05, 0.1) is 6.42 Å². The lowest BCUT2D eigenvalue weighted by Crippen LogP contribution is -2.02. The fourth-order valence-electron chi connectivity index (χ4n) is 2.15. The molecule has 0 fully saturated rings. The number of aryl methyl sites for hydroxylation is 1. The number of carboxylic acid groups (broad SMARTS) is 1. The van der Waals surface area contributed by atoms with Crippen molar-refractivity contribution in [3.05, 3.63) is 35.0 Å². The molecule has 1 N–H and O–H groups in total. The van der Waals surface area contributed by atoms with Gasteiger partial charge < -0.3 is 9.67 Å². The fraction of sp³-hybridized carbons (Fsp3) is 0.308. The van der Waals surface area contributed by atoms with Crippen molar-refractivity contribution in [1.82, 2.24) is 4.57 Å². The lowest BCUT2D eigenvalue weighted by Gasteiger charge is -2.06. The number of aliphatic carboxylic acids is 1. The summed E-state index contributed by atoms with van der Waals surface area (Å²) in [6.07, 6.45) is 2.12. The van der Waals surface area contributed by atoms with E-state index < -0.39 is 5.97 Å². The molecule has 2 rings (SSSR count). The zero-order chi connectivity index (χ0) is 12.6. The molecule has 0 spiro atoms. The summed E-state index contributed by atoms with van der Waals surface area (Å²) in [6.45, 7) is 1.93. The van der Waals surface area contributed by atoms with Gasteiger partial charge in [0.25, 0.3) is 0 Å². The largest absolute Gasteiger partial charge is 0.481 e. The van der Waals surface area contributed by atoms with Crippen LogP contribution < -0.4 is 0 Å². The van der Waals surface area contributed by atoms with Crippen molar-refractivity contribution in [2.45, 2.75) is 19.3 Å². The number of aromatic nitrogens is 1. The zero-order valence-electron chi connectivity index (χ0n) is 9.77. The van der Waals surface area contributed by atoms with Crippen molar-refractivity contribution in [1.29, 1.82) is 0 Å². The van der Waals surface area contributed by atoms with E-state index in [4.69, 9.17) is 16.7 Å². The van der Waals surface area contributed by atoms with Gasteiger partial charge in [-0.25, -0.2) is 0 Å². The minimum atomic E-state index is -0.775. The first-order chi connectivity index (χ1) is 7.99. The Labute approximate surface area is 105 Å². The molecule has 3 nitrogen and oxygen atoms in total. The van der Waals surface area contributed by atoms with E-state index in [0.717, 1.165) is 16.5 Å². The van der Waals surface area contributed by atoms with Crippen LogP contribution in [-0.2, 0) is 11.8 Å². The van der Waals surface area contributed by atoms with E-state index in [2.05, 4.69) is 0 Å². The fourth-order valence-corrected chi connectivity index (χ4v) is 2.32. The maximum absolute atomic E-state index is 10.8. The molecule has 0 bridgehead atoms. The summed E-state index contributed by atoms with van der Waals surface area (Å²) >= 11 is 5.96. The standard InChI is InChI=1S/C13H14ClNO2/c1-8(5-13(16)17)11-7-15(2)12-6-9(14)3-4-10(11)12/h3-4,6-8H,5H2,1-2H3,(H,16,17). The summed E-state index contributed by atoms with van der Waals surface area (Å²) in [5.74, 6) is -0.777. The van der Waals surface area contributed by atoms with E-state index in [9.17, 15) is 4.79 Å². The van der Waals surface area contributed by atoms with Gasteiger partial charge in [-0.1, -0.05) is 24.6 Å². The van der Waals surface area contributed by atoms with Crippen molar-refractivity contribution < 1.29 is 9.90 Å². The highest BCUT2D eigenvalue weighted by Gasteiger charge is 2.15. The van der Waals surface area contributed by atoms with Crippen LogP contribution in [0.25, 0.3) is 10.9 Å². The van der Waals surface area contributed by atoms with Crippen molar-refractivity contribution in [2.75, 3.05) is 0 Å². The molecule has 0 saturated heterocycles. The van der Waals surface area contributed by atoms with Crippen LogP contribution in [0.2, 0.25) is 5.02 Å². The summed E-state index contributed by atoms with van der Waals surface area (Å²) in [5, 5.41) is 10.6.